The molecule has 7 nitrogen and oxygen atoms in total. The second-order valence-electron chi connectivity index (χ2n) is 9.19. The third-order valence-corrected chi connectivity index (χ3v) is 6.77. The van der Waals surface area contributed by atoms with Crippen LogP contribution in [0.1, 0.15) is 33.7 Å². The minimum atomic E-state index is -0.581. The number of benzene rings is 2. The molecule has 1 aromatic heterocycles. The first-order valence-corrected chi connectivity index (χ1v) is 11.6. The lowest BCUT2D eigenvalue weighted by molar-refractivity contribution is -0.141. The van der Waals surface area contributed by atoms with Crippen LogP contribution in [-0.4, -0.2) is 66.2 Å². The van der Waals surface area contributed by atoms with E-state index in [1.54, 1.807) is 36.0 Å². The Bertz CT molecular complexity index is 1360. The topological polar surface area (TPSA) is 74.1 Å². The summed E-state index contributed by atoms with van der Waals surface area (Å²) < 4.78 is 21.1. The lowest BCUT2D eigenvalue weighted by Gasteiger charge is -2.37. The van der Waals surface area contributed by atoms with E-state index in [1.165, 1.54) is 11.0 Å². The van der Waals surface area contributed by atoms with Gasteiger partial charge in [0.2, 0.25) is 12.3 Å². The molecular weight excluding hydrogens is 449 g/mol. The predicted octanol–water partition coefficient (Wildman–Crippen LogP) is 3.47. The fourth-order valence-electron chi connectivity index (χ4n) is 4.87. The molecule has 0 N–H and O–H groups in total. The second kappa shape index (κ2) is 9.02. The molecule has 180 valence electrons. The van der Waals surface area contributed by atoms with E-state index in [2.05, 4.69) is 0 Å². The predicted molar refractivity (Wildman–Crippen MR) is 129 cm³/mol. The van der Waals surface area contributed by atoms with E-state index in [0.717, 1.165) is 17.5 Å². The highest BCUT2D eigenvalue weighted by atomic mass is 19.1. The van der Waals surface area contributed by atoms with Crippen molar-refractivity contribution >= 4 is 34.8 Å². The molecule has 35 heavy (non-hydrogen) atoms. The number of furan rings is 1. The van der Waals surface area contributed by atoms with E-state index in [4.69, 9.17) is 4.42 Å². The van der Waals surface area contributed by atoms with Crippen LogP contribution in [0.25, 0.3) is 16.5 Å². The average Bonchev–Trinajstić information content (AvgIpc) is 3.32. The molecule has 0 unspecified atom stereocenters. The fraction of sp³-hybridized carbons (Fsp3) is 0.296. The minimum absolute atomic E-state index is 0.0713. The summed E-state index contributed by atoms with van der Waals surface area (Å²) in [5.41, 5.74) is 3.48. The number of halogens is 1. The molecular formula is C27H26FN3O4. The molecule has 5 rings (SSSR count). The number of hydrogen-bond donors (Lipinski definition) is 0. The van der Waals surface area contributed by atoms with Gasteiger partial charge < -0.3 is 19.1 Å². The average molecular weight is 476 g/mol. The molecule has 2 aliphatic rings. The van der Waals surface area contributed by atoms with Gasteiger partial charge in [-0.05, 0) is 35.3 Å². The smallest absolute Gasteiger partial charge is 0.289 e. The normalized spacial score (nSPS) is 17.7. The van der Waals surface area contributed by atoms with Crippen molar-refractivity contribution < 1.29 is 23.2 Å². The van der Waals surface area contributed by atoms with Gasteiger partial charge in [-0.3, -0.25) is 14.4 Å². The van der Waals surface area contributed by atoms with Gasteiger partial charge in [-0.1, -0.05) is 30.3 Å². The largest absolute Gasteiger partial charge is 0.451 e. The molecule has 0 fully saturated rings. The van der Waals surface area contributed by atoms with E-state index in [-0.39, 0.29) is 29.5 Å². The van der Waals surface area contributed by atoms with Gasteiger partial charge in [0, 0.05) is 51.8 Å². The first-order chi connectivity index (χ1) is 16.9. The van der Waals surface area contributed by atoms with Crippen molar-refractivity contribution in [3.8, 4) is 0 Å². The SMILES string of the molecule is CN(C)C(=O)c1cc2c(F)c(C3=CCCN(C(=O)[C@H]4Cc5ccccc5CN4C=O)C3)ccc2o1. The molecule has 3 aromatic rings. The Kier molecular flexibility index (Phi) is 5.88. The zero-order chi connectivity index (χ0) is 24.7. The van der Waals surface area contributed by atoms with Crippen molar-refractivity contribution in [2.45, 2.75) is 25.4 Å². The van der Waals surface area contributed by atoms with Crippen LogP contribution in [0.4, 0.5) is 4.39 Å². The van der Waals surface area contributed by atoms with Crippen LogP contribution < -0.4 is 0 Å². The fourth-order valence-corrected chi connectivity index (χ4v) is 4.87. The zero-order valence-corrected chi connectivity index (χ0v) is 19.7. The van der Waals surface area contributed by atoms with Crippen LogP contribution in [-0.2, 0) is 22.6 Å². The van der Waals surface area contributed by atoms with Gasteiger partial charge in [0.1, 0.15) is 17.4 Å². The number of nitrogens with zero attached hydrogens (tertiary/aromatic N) is 3. The van der Waals surface area contributed by atoms with Crippen LogP contribution >= 0.6 is 0 Å². The van der Waals surface area contributed by atoms with E-state index in [1.807, 2.05) is 30.3 Å². The maximum Gasteiger partial charge on any atom is 0.289 e. The van der Waals surface area contributed by atoms with Crippen molar-refractivity contribution in [3.05, 3.63) is 76.8 Å². The molecule has 2 aromatic carbocycles. The third-order valence-electron chi connectivity index (χ3n) is 6.77. The van der Waals surface area contributed by atoms with E-state index in [0.29, 0.717) is 42.7 Å². The Hall–Kier alpha value is -3.94. The Morgan fingerprint density at radius 3 is 2.63 bits per heavy atom. The van der Waals surface area contributed by atoms with Gasteiger partial charge >= 0.3 is 0 Å². The Labute approximate surface area is 202 Å². The molecule has 2 aliphatic heterocycles. The molecule has 0 saturated heterocycles. The van der Waals surface area contributed by atoms with Crippen molar-refractivity contribution in [3.63, 3.8) is 0 Å². The molecule has 3 amide bonds. The molecule has 0 saturated carbocycles. The summed E-state index contributed by atoms with van der Waals surface area (Å²) >= 11 is 0. The standard InChI is InChI=1S/C27H26FN3O4/c1-29(2)27(34)24-13-21-23(35-24)10-9-20(25(21)28)19-8-5-11-30(15-19)26(33)22-12-17-6-3-4-7-18(17)14-31(22)16-32/h3-4,6-10,13,16,22H,5,11-12,14-15H2,1-2H3/t22-/m1/s1. The van der Waals surface area contributed by atoms with Crippen molar-refractivity contribution in [2.75, 3.05) is 27.2 Å². The summed E-state index contributed by atoms with van der Waals surface area (Å²) in [6, 6.07) is 11.9. The summed E-state index contributed by atoms with van der Waals surface area (Å²) in [6.07, 6.45) is 3.71. The number of hydrogen-bond acceptors (Lipinski definition) is 4. The van der Waals surface area contributed by atoms with Crippen LogP contribution in [0.5, 0.6) is 0 Å². The van der Waals surface area contributed by atoms with Gasteiger partial charge in [0.05, 0.1) is 5.39 Å². The van der Waals surface area contributed by atoms with Crippen LogP contribution in [0, 0.1) is 5.82 Å². The lowest BCUT2D eigenvalue weighted by Crippen LogP contribution is -2.52. The molecule has 3 heterocycles. The highest BCUT2D eigenvalue weighted by Gasteiger charge is 2.34. The summed E-state index contributed by atoms with van der Waals surface area (Å²) in [5, 5.41) is 0.230. The highest BCUT2D eigenvalue weighted by molar-refractivity contribution is 5.97. The quantitative estimate of drug-likeness (QED) is 0.542. The number of carbonyl (C=O) groups is 3. The molecule has 0 aliphatic carbocycles. The number of amides is 3. The maximum absolute atomic E-state index is 15.5. The molecule has 8 heteroatoms. The lowest BCUT2D eigenvalue weighted by atomic mass is 9.92. The molecule has 0 radical (unpaired) electrons. The summed E-state index contributed by atoms with van der Waals surface area (Å²) in [4.78, 5) is 42.1. The highest BCUT2D eigenvalue weighted by Crippen LogP contribution is 2.32. The molecule has 0 bridgehead atoms. The zero-order valence-electron chi connectivity index (χ0n) is 19.7. The van der Waals surface area contributed by atoms with Crippen molar-refractivity contribution in [1.29, 1.82) is 0 Å². The monoisotopic (exact) mass is 475 g/mol. The van der Waals surface area contributed by atoms with Crippen LogP contribution in [0.2, 0.25) is 0 Å². The van der Waals surface area contributed by atoms with Crippen LogP contribution in [0.3, 0.4) is 0 Å². The first-order valence-electron chi connectivity index (χ1n) is 11.6. The summed E-state index contributed by atoms with van der Waals surface area (Å²) in [5.74, 6) is -0.891. The first kappa shape index (κ1) is 22.8. The molecule has 1 atom stereocenters. The number of carbonyl (C=O) groups excluding carboxylic acids is 3. The van der Waals surface area contributed by atoms with Gasteiger partial charge in [-0.2, -0.15) is 0 Å². The van der Waals surface area contributed by atoms with Gasteiger partial charge in [0.25, 0.3) is 5.91 Å². The summed E-state index contributed by atoms with van der Waals surface area (Å²) in [7, 11) is 3.21. The van der Waals surface area contributed by atoms with Crippen LogP contribution in [0.15, 0.2) is 53.0 Å². The van der Waals surface area contributed by atoms with Crippen molar-refractivity contribution in [2.24, 2.45) is 0 Å². The Morgan fingerprint density at radius 2 is 1.89 bits per heavy atom. The van der Waals surface area contributed by atoms with Gasteiger partial charge in [0.15, 0.2) is 5.76 Å². The van der Waals surface area contributed by atoms with Crippen molar-refractivity contribution in [1.82, 2.24) is 14.7 Å². The van der Waals surface area contributed by atoms with Gasteiger partial charge in [-0.25, -0.2) is 4.39 Å². The number of fused-ring (bicyclic) bond motifs is 2. The summed E-state index contributed by atoms with van der Waals surface area (Å²) in [6.45, 7) is 1.14. The maximum atomic E-state index is 15.5. The number of rotatable bonds is 4. The Balaban J connectivity index is 1.39. The second-order valence-corrected chi connectivity index (χ2v) is 9.19. The van der Waals surface area contributed by atoms with Gasteiger partial charge in [-0.15, -0.1) is 0 Å². The third kappa shape index (κ3) is 4.09. The minimum Gasteiger partial charge on any atom is -0.451 e. The Morgan fingerprint density at radius 1 is 1.11 bits per heavy atom. The van der Waals surface area contributed by atoms with E-state index in [9.17, 15) is 14.4 Å². The van der Waals surface area contributed by atoms with E-state index < -0.39 is 11.9 Å². The molecule has 0 spiro atoms. The van der Waals surface area contributed by atoms with E-state index >= 15 is 4.39 Å².